The number of hydrogen-bond donors (Lipinski definition) is 0. The van der Waals surface area contributed by atoms with Gasteiger partial charge in [-0.1, -0.05) is 56.3 Å². The number of carbonyl (C=O) groups is 2. The second-order valence-corrected chi connectivity index (χ2v) is 8.18. The molecule has 1 heterocycles. The smallest absolute Gasteiger partial charge is 0.268 e. The van der Waals surface area contributed by atoms with Crippen molar-refractivity contribution in [2.24, 2.45) is 0 Å². The summed E-state index contributed by atoms with van der Waals surface area (Å²) in [4.78, 5) is 28.0. The van der Waals surface area contributed by atoms with E-state index >= 15 is 0 Å². The molecular weight excluding hydrogens is 358 g/mol. The van der Waals surface area contributed by atoms with Gasteiger partial charge in [0.15, 0.2) is 0 Å². The molecule has 0 atom stereocenters. The quantitative estimate of drug-likeness (QED) is 0.676. The molecule has 0 radical (unpaired) electrons. The first kappa shape index (κ1) is 19.2. The monoisotopic (exact) mass is 381 g/mol. The third-order valence-electron chi connectivity index (χ3n) is 4.32. The van der Waals surface area contributed by atoms with E-state index in [1.807, 2.05) is 68.4 Å². The van der Waals surface area contributed by atoms with Gasteiger partial charge in [0.25, 0.3) is 11.8 Å². The summed E-state index contributed by atoms with van der Waals surface area (Å²) in [7, 11) is 1.60. The summed E-state index contributed by atoms with van der Waals surface area (Å²) in [5, 5.41) is 0.207. The number of thioether (sulfide) groups is 1. The zero-order valence-corrected chi connectivity index (χ0v) is 16.6. The number of hydrogen-bond acceptors (Lipinski definition) is 4. The normalized spacial score (nSPS) is 14.4. The lowest BCUT2D eigenvalue weighted by Crippen LogP contribution is -2.33. The molecule has 27 heavy (non-hydrogen) atoms. The fraction of sp³-hybridized carbons (Fsp3) is 0.273. The maximum absolute atomic E-state index is 13.1. The lowest BCUT2D eigenvalue weighted by molar-refractivity contribution is -0.136. The number of rotatable bonds is 7. The average Bonchev–Trinajstić information content (AvgIpc) is 2.90. The largest absolute Gasteiger partial charge is 0.497 e. The van der Waals surface area contributed by atoms with Crippen LogP contribution in [0.1, 0.15) is 25.0 Å². The maximum atomic E-state index is 13.1. The number of imide groups is 1. The van der Waals surface area contributed by atoms with E-state index in [9.17, 15) is 9.59 Å². The summed E-state index contributed by atoms with van der Waals surface area (Å²) in [6, 6.07) is 17.2. The first-order valence-electron chi connectivity index (χ1n) is 8.96. The van der Waals surface area contributed by atoms with Gasteiger partial charge >= 0.3 is 0 Å². The molecule has 0 bridgehead atoms. The summed E-state index contributed by atoms with van der Waals surface area (Å²) in [6.45, 7) is 4.42. The van der Waals surface area contributed by atoms with Gasteiger partial charge in [0.1, 0.15) is 5.75 Å². The lowest BCUT2D eigenvalue weighted by Gasteiger charge is -2.15. The Morgan fingerprint density at radius 3 is 2.22 bits per heavy atom. The van der Waals surface area contributed by atoms with E-state index in [1.54, 1.807) is 7.11 Å². The Labute approximate surface area is 164 Å². The van der Waals surface area contributed by atoms with Crippen LogP contribution in [0.3, 0.4) is 0 Å². The van der Waals surface area contributed by atoms with Gasteiger partial charge in [-0.15, -0.1) is 11.8 Å². The van der Waals surface area contributed by atoms with Crippen LogP contribution in [0.15, 0.2) is 59.5 Å². The summed E-state index contributed by atoms with van der Waals surface area (Å²) in [5.41, 5.74) is 2.35. The molecule has 0 spiro atoms. The topological polar surface area (TPSA) is 46.6 Å². The molecule has 2 amide bonds. The van der Waals surface area contributed by atoms with Crippen LogP contribution in [0.5, 0.6) is 5.75 Å². The van der Waals surface area contributed by atoms with E-state index in [-0.39, 0.29) is 17.1 Å². The zero-order valence-electron chi connectivity index (χ0n) is 15.8. The first-order valence-corrected chi connectivity index (χ1v) is 9.84. The van der Waals surface area contributed by atoms with Crippen molar-refractivity contribution < 1.29 is 14.3 Å². The molecule has 1 aliphatic rings. The van der Waals surface area contributed by atoms with E-state index in [4.69, 9.17) is 4.74 Å². The molecule has 0 fully saturated rings. The highest BCUT2D eigenvalue weighted by Gasteiger charge is 2.39. The highest BCUT2D eigenvalue weighted by atomic mass is 32.2. The Balaban J connectivity index is 1.88. The lowest BCUT2D eigenvalue weighted by atomic mass is 10.1. The number of amides is 2. The van der Waals surface area contributed by atoms with E-state index < -0.39 is 0 Å². The predicted molar refractivity (Wildman–Crippen MR) is 110 cm³/mol. The molecule has 0 aliphatic carbocycles. The first-order chi connectivity index (χ1) is 13.0. The minimum atomic E-state index is -0.218. The molecule has 1 aliphatic heterocycles. The molecule has 2 aromatic rings. The second-order valence-electron chi connectivity index (χ2n) is 6.60. The van der Waals surface area contributed by atoms with Crippen LogP contribution in [0, 0.1) is 0 Å². The Morgan fingerprint density at radius 1 is 0.963 bits per heavy atom. The third kappa shape index (κ3) is 4.25. The number of nitrogens with zero attached hydrogens (tertiary/aromatic N) is 1. The highest BCUT2D eigenvalue weighted by Crippen LogP contribution is 2.38. The second kappa shape index (κ2) is 8.44. The summed E-state index contributed by atoms with van der Waals surface area (Å²) < 4.78 is 5.20. The molecule has 0 aromatic heterocycles. The third-order valence-corrected chi connectivity index (χ3v) is 5.41. The van der Waals surface area contributed by atoms with Crippen molar-refractivity contribution in [2.45, 2.75) is 25.5 Å². The van der Waals surface area contributed by atoms with E-state index in [0.717, 1.165) is 16.9 Å². The SMILES string of the molecule is COc1ccc(C2=C(SC(C)C)C(=O)N(CCc3ccccc3)C2=O)cc1. The molecule has 0 N–H and O–H groups in total. The molecule has 4 nitrogen and oxygen atoms in total. The fourth-order valence-corrected chi connectivity index (χ4v) is 4.01. The van der Waals surface area contributed by atoms with Gasteiger partial charge in [0.05, 0.1) is 17.6 Å². The standard InChI is InChI=1S/C22H23NO3S/c1-15(2)27-20-19(17-9-11-18(26-3)12-10-17)21(24)23(22(20)25)14-13-16-7-5-4-6-8-16/h4-12,15H,13-14H2,1-3H3. The summed E-state index contributed by atoms with van der Waals surface area (Å²) in [6.07, 6.45) is 0.647. The summed E-state index contributed by atoms with van der Waals surface area (Å²) in [5.74, 6) is 0.305. The highest BCUT2D eigenvalue weighted by molar-refractivity contribution is 8.04. The van der Waals surface area contributed by atoms with Gasteiger partial charge in [-0.3, -0.25) is 14.5 Å². The van der Waals surface area contributed by atoms with Crippen molar-refractivity contribution in [3.8, 4) is 5.75 Å². The van der Waals surface area contributed by atoms with Gasteiger partial charge < -0.3 is 4.74 Å². The molecule has 0 unspecified atom stereocenters. The zero-order chi connectivity index (χ0) is 19.4. The van der Waals surface area contributed by atoms with E-state index in [1.165, 1.54) is 16.7 Å². The number of methoxy groups -OCH3 is 1. The Kier molecular flexibility index (Phi) is 6.01. The average molecular weight is 381 g/mol. The Hall–Kier alpha value is -2.53. The summed E-state index contributed by atoms with van der Waals surface area (Å²) >= 11 is 1.45. The van der Waals surface area contributed by atoms with Crippen LogP contribution in [-0.4, -0.2) is 35.6 Å². The van der Waals surface area contributed by atoms with Gasteiger partial charge in [0, 0.05) is 11.8 Å². The Bertz CT molecular complexity index is 857. The number of benzene rings is 2. The van der Waals surface area contributed by atoms with Crippen LogP contribution in [0.25, 0.3) is 5.57 Å². The number of carbonyl (C=O) groups excluding carboxylic acids is 2. The Morgan fingerprint density at radius 2 is 1.63 bits per heavy atom. The molecular formula is C22H23NO3S. The molecule has 0 saturated carbocycles. The van der Waals surface area contributed by atoms with Crippen LogP contribution in [0.4, 0.5) is 0 Å². The van der Waals surface area contributed by atoms with Crippen molar-refractivity contribution in [1.82, 2.24) is 4.90 Å². The van der Waals surface area contributed by atoms with Crippen molar-refractivity contribution in [3.05, 3.63) is 70.6 Å². The van der Waals surface area contributed by atoms with Crippen LogP contribution >= 0.6 is 11.8 Å². The van der Waals surface area contributed by atoms with Gasteiger partial charge in [0.2, 0.25) is 0 Å². The predicted octanol–water partition coefficient (Wildman–Crippen LogP) is 4.16. The van der Waals surface area contributed by atoms with Crippen molar-refractivity contribution in [2.75, 3.05) is 13.7 Å². The van der Waals surface area contributed by atoms with Crippen LogP contribution < -0.4 is 4.74 Å². The van der Waals surface area contributed by atoms with Gasteiger partial charge in [-0.05, 0) is 29.7 Å². The fourth-order valence-electron chi connectivity index (χ4n) is 3.00. The maximum Gasteiger partial charge on any atom is 0.268 e. The molecule has 0 saturated heterocycles. The van der Waals surface area contributed by atoms with Crippen molar-refractivity contribution >= 4 is 29.1 Å². The van der Waals surface area contributed by atoms with Gasteiger partial charge in [-0.25, -0.2) is 0 Å². The van der Waals surface area contributed by atoms with E-state index in [2.05, 4.69) is 0 Å². The van der Waals surface area contributed by atoms with Gasteiger partial charge in [-0.2, -0.15) is 0 Å². The minimum Gasteiger partial charge on any atom is -0.497 e. The van der Waals surface area contributed by atoms with E-state index in [0.29, 0.717) is 23.4 Å². The molecule has 2 aromatic carbocycles. The van der Waals surface area contributed by atoms with Crippen molar-refractivity contribution in [1.29, 1.82) is 0 Å². The van der Waals surface area contributed by atoms with Crippen LogP contribution in [0.2, 0.25) is 0 Å². The number of ether oxygens (including phenoxy) is 1. The molecule has 140 valence electrons. The molecule has 3 rings (SSSR count). The van der Waals surface area contributed by atoms with Crippen LogP contribution in [-0.2, 0) is 16.0 Å². The van der Waals surface area contributed by atoms with Crippen molar-refractivity contribution in [3.63, 3.8) is 0 Å². The minimum absolute atomic E-state index is 0.194. The molecule has 5 heteroatoms.